The highest BCUT2D eigenvalue weighted by molar-refractivity contribution is 5.35. The summed E-state index contributed by atoms with van der Waals surface area (Å²) in [5.41, 5.74) is 1.02. The van der Waals surface area contributed by atoms with E-state index in [0.29, 0.717) is 29.7 Å². The Morgan fingerprint density at radius 3 is 2.33 bits per heavy atom. The van der Waals surface area contributed by atoms with Crippen molar-refractivity contribution in [1.29, 1.82) is 10.5 Å². The summed E-state index contributed by atoms with van der Waals surface area (Å²) in [5, 5.41) is 19.6. The highest BCUT2D eigenvalue weighted by Crippen LogP contribution is 2.52. The Balaban J connectivity index is 1.54. The van der Waals surface area contributed by atoms with Crippen LogP contribution in [0, 0.1) is 45.8 Å². The minimum Gasteiger partial charge on any atom is -0.303 e. The summed E-state index contributed by atoms with van der Waals surface area (Å²) in [6.45, 7) is 13.8. The van der Waals surface area contributed by atoms with E-state index in [2.05, 4.69) is 34.6 Å². The molecule has 0 N–H and O–H groups in total. The first-order valence-electron chi connectivity index (χ1n) is 13.8. The molecule has 0 aromatic carbocycles. The van der Waals surface area contributed by atoms with Gasteiger partial charge >= 0.3 is 0 Å². The SMILES string of the molecule is C=C/C=C(C#N)\C=C/CN1CC(CN2CCC(C(C#N)(/C(C)=C/C(F)=C\CC)C3CCCC3)CC2)C1. The van der Waals surface area contributed by atoms with Gasteiger partial charge in [0.1, 0.15) is 5.83 Å². The average molecular weight is 491 g/mol. The van der Waals surface area contributed by atoms with E-state index in [4.69, 9.17) is 5.26 Å². The molecule has 0 aromatic heterocycles. The molecular formula is C31H43FN4. The molecule has 1 unspecified atom stereocenters. The Kier molecular flexibility index (Phi) is 10.7. The summed E-state index contributed by atoms with van der Waals surface area (Å²) in [6.07, 6.45) is 17.8. The molecule has 1 aliphatic carbocycles. The number of halogens is 1. The van der Waals surface area contributed by atoms with Crippen LogP contribution in [0.4, 0.5) is 4.39 Å². The van der Waals surface area contributed by atoms with Gasteiger partial charge in [-0.2, -0.15) is 10.5 Å². The lowest BCUT2D eigenvalue weighted by molar-refractivity contribution is 0.0451. The smallest absolute Gasteiger partial charge is 0.119 e. The van der Waals surface area contributed by atoms with E-state index < -0.39 is 5.41 Å². The average Bonchev–Trinajstić information content (AvgIpc) is 3.38. The summed E-state index contributed by atoms with van der Waals surface area (Å²) in [4.78, 5) is 4.98. The predicted molar refractivity (Wildman–Crippen MR) is 145 cm³/mol. The largest absolute Gasteiger partial charge is 0.303 e. The van der Waals surface area contributed by atoms with Crippen molar-refractivity contribution < 1.29 is 4.39 Å². The fourth-order valence-electron chi connectivity index (χ4n) is 6.67. The van der Waals surface area contributed by atoms with Crippen molar-refractivity contribution >= 4 is 0 Å². The van der Waals surface area contributed by atoms with Crippen LogP contribution in [0.1, 0.15) is 58.8 Å². The van der Waals surface area contributed by atoms with Gasteiger partial charge in [-0.25, -0.2) is 4.39 Å². The Labute approximate surface area is 218 Å². The number of nitriles is 2. The van der Waals surface area contributed by atoms with Crippen molar-refractivity contribution in [3.05, 3.63) is 60.0 Å². The molecule has 5 heteroatoms. The van der Waals surface area contributed by atoms with E-state index >= 15 is 0 Å². The number of piperidine rings is 1. The minimum absolute atomic E-state index is 0.199. The molecule has 1 atom stereocenters. The van der Waals surface area contributed by atoms with E-state index in [1.54, 1.807) is 24.3 Å². The second kappa shape index (κ2) is 13.7. The van der Waals surface area contributed by atoms with Crippen LogP contribution in [0.2, 0.25) is 0 Å². The third-order valence-corrected chi connectivity index (χ3v) is 8.46. The van der Waals surface area contributed by atoms with Crippen molar-refractivity contribution in [2.75, 3.05) is 39.3 Å². The highest BCUT2D eigenvalue weighted by atomic mass is 19.1. The fourth-order valence-corrected chi connectivity index (χ4v) is 6.67. The van der Waals surface area contributed by atoms with E-state index in [0.717, 1.165) is 70.5 Å². The van der Waals surface area contributed by atoms with Crippen molar-refractivity contribution in [1.82, 2.24) is 9.80 Å². The third kappa shape index (κ3) is 6.84. The number of hydrogen-bond acceptors (Lipinski definition) is 4. The maximum absolute atomic E-state index is 14.5. The highest BCUT2D eigenvalue weighted by Gasteiger charge is 2.48. The number of hydrogen-bond donors (Lipinski definition) is 0. The van der Waals surface area contributed by atoms with E-state index in [1.807, 2.05) is 19.9 Å². The molecule has 194 valence electrons. The molecule has 3 fully saturated rings. The topological polar surface area (TPSA) is 54.1 Å². The quantitative estimate of drug-likeness (QED) is 0.238. The first kappa shape index (κ1) is 28.1. The second-order valence-corrected chi connectivity index (χ2v) is 10.8. The Hall–Kier alpha value is -2.47. The van der Waals surface area contributed by atoms with Gasteiger partial charge in [-0.1, -0.05) is 38.5 Å². The Morgan fingerprint density at radius 1 is 1.08 bits per heavy atom. The first-order chi connectivity index (χ1) is 17.5. The van der Waals surface area contributed by atoms with Crippen molar-refractivity contribution in [3.8, 4) is 12.1 Å². The fraction of sp³-hybridized carbons (Fsp3) is 0.613. The number of nitrogens with zero attached hydrogens (tertiary/aromatic N) is 4. The molecule has 0 spiro atoms. The van der Waals surface area contributed by atoms with Gasteiger partial charge < -0.3 is 4.90 Å². The van der Waals surface area contributed by atoms with Crippen LogP contribution in [0.15, 0.2) is 60.0 Å². The molecule has 2 heterocycles. The second-order valence-electron chi connectivity index (χ2n) is 10.8. The van der Waals surface area contributed by atoms with Gasteiger partial charge in [-0.15, -0.1) is 0 Å². The van der Waals surface area contributed by atoms with Crippen LogP contribution in [0.5, 0.6) is 0 Å². The maximum Gasteiger partial charge on any atom is 0.119 e. The van der Waals surface area contributed by atoms with E-state index in [9.17, 15) is 9.65 Å². The van der Waals surface area contributed by atoms with Gasteiger partial charge in [0.2, 0.25) is 0 Å². The third-order valence-electron chi connectivity index (χ3n) is 8.46. The van der Waals surface area contributed by atoms with Gasteiger partial charge in [0.15, 0.2) is 0 Å². The molecule has 0 bridgehead atoms. The Bertz CT molecular complexity index is 942. The van der Waals surface area contributed by atoms with Gasteiger partial charge in [0.25, 0.3) is 0 Å². The number of likely N-dealkylation sites (tertiary alicyclic amines) is 2. The molecule has 2 saturated heterocycles. The van der Waals surface area contributed by atoms with Crippen LogP contribution in [-0.2, 0) is 0 Å². The van der Waals surface area contributed by atoms with E-state index in [-0.39, 0.29) is 5.83 Å². The molecular weight excluding hydrogens is 447 g/mol. The van der Waals surface area contributed by atoms with Crippen molar-refractivity contribution in [2.24, 2.45) is 23.2 Å². The standard InChI is InChI=1S/C31H43FN4/c1-4-9-26(20-33)11-8-16-36-22-27(23-36)21-35-17-14-29(15-18-35)31(24-34,28-12-6-7-13-28)25(3)19-30(32)10-5-2/h4,8-11,19,27-29H,1,5-7,12-18,21-23H2,2-3H3/b11-8-,25-19+,26-9+,30-10+. The zero-order valence-corrected chi connectivity index (χ0v) is 22.3. The van der Waals surface area contributed by atoms with Gasteiger partial charge in [-0.05, 0) is 99.7 Å². The molecule has 3 aliphatic rings. The van der Waals surface area contributed by atoms with Crippen molar-refractivity contribution in [3.63, 3.8) is 0 Å². The lowest BCUT2D eigenvalue weighted by atomic mass is 9.60. The van der Waals surface area contributed by atoms with E-state index in [1.165, 1.54) is 12.8 Å². The zero-order valence-electron chi connectivity index (χ0n) is 22.3. The lowest BCUT2D eigenvalue weighted by Crippen LogP contribution is -2.53. The van der Waals surface area contributed by atoms with Crippen LogP contribution in [-0.4, -0.2) is 49.1 Å². The molecule has 0 amide bonds. The first-order valence-corrected chi connectivity index (χ1v) is 13.8. The normalized spacial score (nSPS) is 23.9. The summed E-state index contributed by atoms with van der Waals surface area (Å²) < 4.78 is 14.5. The van der Waals surface area contributed by atoms with Crippen LogP contribution >= 0.6 is 0 Å². The zero-order chi connectivity index (χ0) is 26.0. The molecule has 0 radical (unpaired) electrons. The summed E-state index contributed by atoms with van der Waals surface area (Å²) in [7, 11) is 0. The lowest BCUT2D eigenvalue weighted by Gasteiger charge is -2.47. The molecule has 1 saturated carbocycles. The predicted octanol–water partition coefficient (Wildman–Crippen LogP) is 6.73. The number of allylic oxidation sites excluding steroid dienone is 8. The molecule has 0 aromatic rings. The molecule has 3 rings (SSSR count). The summed E-state index contributed by atoms with van der Waals surface area (Å²) >= 11 is 0. The van der Waals surface area contributed by atoms with Crippen LogP contribution < -0.4 is 0 Å². The monoisotopic (exact) mass is 490 g/mol. The molecule has 2 aliphatic heterocycles. The van der Waals surface area contributed by atoms with Gasteiger partial charge in [0, 0.05) is 26.2 Å². The minimum atomic E-state index is -0.538. The summed E-state index contributed by atoms with van der Waals surface area (Å²) in [5.74, 6) is 1.13. The molecule has 36 heavy (non-hydrogen) atoms. The van der Waals surface area contributed by atoms with Gasteiger partial charge in [-0.3, -0.25) is 4.90 Å². The van der Waals surface area contributed by atoms with Crippen molar-refractivity contribution in [2.45, 2.75) is 58.8 Å². The maximum atomic E-state index is 14.5. The van der Waals surface area contributed by atoms with Crippen LogP contribution in [0.3, 0.4) is 0 Å². The number of rotatable bonds is 11. The van der Waals surface area contributed by atoms with Crippen LogP contribution in [0.25, 0.3) is 0 Å². The Morgan fingerprint density at radius 2 is 1.75 bits per heavy atom. The molecule has 4 nitrogen and oxygen atoms in total. The van der Waals surface area contributed by atoms with Gasteiger partial charge in [0.05, 0.1) is 23.1 Å². The summed E-state index contributed by atoms with van der Waals surface area (Å²) in [6, 6.07) is 4.94.